The molecule has 0 atom stereocenters. The number of hydrogen-bond donors (Lipinski definition) is 2. The van der Waals surface area contributed by atoms with Gasteiger partial charge in [0.2, 0.25) is 0 Å². The van der Waals surface area contributed by atoms with Crippen LogP contribution in [-0.4, -0.2) is 9.97 Å². The van der Waals surface area contributed by atoms with Crippen LogP contribution in [0.1, 0.15) is 17.0 Å². The standard InChI is InChI=1S/C11H7F3N4OS/c12-11(13,14)8-2-1-6(3-15)9(18-8)16-4-7-5-20-10(19)17-7/h1-2,5H,4H2,(H,16,18)(H,17,19). The van der Waals surface area contributed by atoms with E-state index in [0.29, 0.717) is 5.69 Å². The largest absolute Gasteiger partial charge is 0.433 e. The van der Waals surface area contributed by atoms with Gasteiger partial charge in [0, 0.05) is 11.1 Å². The first kappa shape index (κ1) is 14.1. The van der Waals surface area contributed by atoms with E-state index in [4.69, 9.17) is 5.26 Å². The van der Waals surface area contributed by atoms with Crippen LogP contribution in [0.3, 0.4) is 0 Å². The molecule has 0 amide bonds. The molecule has 0 unspecified atom stereocenters. The minimum absolute atomic E-state index is 0.00410. The van der Waals surface area contributed by atoms with Gasteiger partial charge in [-0.15, -0.1) is 0 Å². The van der Waals surface area contributed by atoms with Crippen molar-refractivity contribution in [3.8, 4) is 6.07 Å². The molecule has 2 heterocycles. The zero-order valence-corrected chi connectivity index (χ0v) is 10.6. The molecule has 2 aromatic rings. The molecule has 0 saturated carbocycles. The van der Waals surface area contributed by atoms with Crippen molar-refractivity contribution in [2.45, 2.75) is 12.7 Å². The number of aromatic nitrogens is 2. The van der Waals surface area contributed by atoms with Gasteiger partial charge in [-0.3, -0.25) is 4.79 Å². The Morgan fingerprint density at radius 2 is 2.20 bits per heavy atom. The second-order valence-electron chi connectivity index (χ2n) is 3.73. The lowest BCUT2D eigenvalue weighted by atomic mass is 10.2. The van der Waals surface area contributed by atoms with E-state index < -0.39 is 11.9 Å². The first-order valence-electron chi connectivity index (χ1n) is 5.29. The van der Waals surface area contributed by atoms with Crippen LogP contribution < -0.4 is 10.2 Å². The quantitative estimate of drug-likeness (QED) is 0.911. The lowest BCUT2D eigenvalue weighted by Crippen LogP contribution is -2.12. The number of nitrogens with zero attached hydrogens (tertiary/aromatic N) is 2. The summed E-state index contributed by atoms with van der Waals surface area (Å²) in [5.74, 6) is -0.172. The van der Waals surface area contributed by atoms with Gasteiger partial charge in [-0.2, -0.15) is 18.4 Å². The number of aromatic amines is 1. The number of alkyl halides is 3. The fraction of sp³-hybridized carbons (Fsp3) is 0.182. The molecular weight excluding hydrogens is 293 g/mol. The summed E-state index contributed by atoms with van der Waals surface area (Å²) >= 11 is 0.940. The third kappa shape index (κ3) is 3.16. The first-order chi connectivity index (χ1) is 9.40. The van der Waals surface area contributed by atoms with Gasteiger partial charge < -0.3 is 10.3 Å². The normalized spacial score (nSPS) is 11.1. The van der Waals surface area contributed by atoms with E-state index in [1.165, 1.54) is 5.38 Å². The summed E-state index contributed by atoms with van der Waals surface area (Å²) in [7, 11) is 0. The van der Waals surface area contributed by atoms with Crippen molar-refractivity contribution in [1.29, 1.82) is 5.26 Å². The number of hydrogen-bond acceptors (Lipinski definition) is 5. The van der Waals surface area contributed by atoms with Crippen LogP contribution in [0.2, 0.25) is 0 Å². The van der Waals surface area contributed by atoms with Crippen LogP contribution in [0, 0.1) is 11.3 Å². The minimum Gasteiger partial charge on any atom is -0.363 e. The number of nitrogens with one attached hydrogen (secondary N) is 2. The summed E-state index contributed by atoms with van der Waals surface area (Å²) in [6.07, 6.45) is -4.58. The van der Waals surface area contributed by atoms with E-state index in [0.717, 1.165) is 23.5 Å². The molecule has 9 heteroatoms. The maximum Gasteiger partial charge on any atom is 0.433 e. The van der Waals surface area contributed by atoms with Crippen LogP contribution >= 0.6 is 11.3 Å². The van der Waals surface area contributed by atoms with E-state index in [2.05, 4.69) is 15.3 Å². The predicted octanol–water partition coefficient (Wildman–Crippen LogP) is 2.33. The lowest BCUT2D eigenvalue weighted by molar-refractivity contribution is -0.141. The van der Waals surface area contributed by atoms with Crippen LogP contribution in [0.25, 0.3) is 0 Å². The highest BCUT2D eigenvalue weighted by Gasteiger charge is 2.33. The van der Waals surface area contributed by atoms with Crippen molar-refractivity contribution >= 4 is 17.2 Å². The van der Waals surface area contributed by atoms with Crippen molar-refractivity contribution < 1.29 is 13.2 Å². The van der Waals surface area contributed by atoms with Gasteiger partial charge in [0.25, 0.3) is 0 Å². The van der Waals surface area contributed by atoms with Crippen LogP contribution in [0.5, 0.6) is 0 Å². The molecule has 0 saturated heterocycles. The maximum absolute atomic E-state index is 12.6. The molecular formula is C11H7F3N4OS. The summed E-state index contributed by atoms with van der Waals surface area (Å²) in [6.45, 7) is 0.0712. The summed E-state index contributed by atoms with van der Waals surface area (Å²) in [5, 5.41) is 13.0. The third-order valence-electron chi connectivity index (χ3n) is 2.32. The Bertz CT molecular complexity index is 713. The number of anilines is 1. The average Bonchev–Trinajstić information content (AvgIpc) is 2.80. The Labute approximate surface area is 114 Å². The van der Waals surface area contributed by atoms with Crippen LogP contribution in [-0.2, 0) is 12.7 Å². The van der Waals surface area contributed by atoms with Crippen molar-refractivity contribution in [2.75, 3.05) is 5.32 Å². The van der Waals surface area contributed by atoms with Gasteiger partial charge in [-0.25, -0.2) is 4.98 Å². The van der Waals surface area contributed by atoms with Gasteiger partial charge in [0.1, 0.15) is 17.6 Å². The molecule has 104 valence electrons. The van der Waals surface area contributed by atoms with Crippen molar-refractivity contribution in [1.82, 2.24) is 9.97 Å². The number of nitriles is 1. The molecule has 0 aliphatic carbocycles. The van der Waals surface area contributed by atoms with Crippen molar-refractivity contribution in [2.24, 2.45) is 0 Å². The molecule has 0 radical (unpaired) electrons. The molecule has 0 bridgehead atoms. The highest BCUT2D eigenvalue weighted by atomic mass is 32.1. The van der Waals surface area contributed by atoms with Crippen LogP contribution in [0.4, 0.5) is 19.0 Å². The number of thiazole rings is 1. The van der Waals surface area contributed by atoms with Crippen LogP contribution in [0.15, 0.2) is 22.3 Å². The molecule has 20 heavy (non-hydrogen) atoms. The molecule has 0 aliphatic heterocycles. The molecule has 0 spiro atoms. The Balaban J connectivity index is 2.25. The second kappa shape index (κ2) is 5.34. The van der Waals surface area contributed by atoms with Gasteiger partial charge in [0.15, 0.2) is 0 Å². The van der Waals surface area contributed by atoms with Gasteiger partial charge in [0.05, 0.1) is 12.1 Å². The molecule has 2 N–H and O–H groups in total. The zero-order valence-electron chi connectivity index (χ0n) is 9.78. The second-order valence-corrected chi connectivity index (χ2v) is 4.57. The smallest absolute Gasteiger partial charge is 0.363 e. The summed E-state index contributed by atoms with van der Waals surface area (Å²) in [5.41, 5.74) is -0.587. The average molecular weight is 300 g/mol. The highest BCUT2D eigenvalue weighted by Crippen LogP contribution is 2.29. The lowest BCUT2D eigenvalue weighted by Gasteiger charge is -2.10. The third-order valence-corrected chi connectivity index (χ3v) is 3.04. The fourth-order valence-electron chi connectivity index (χ4n) is 1.42. The number of rotatable bonds is 3. The molecule has 2 rings (SSSR count). The monoisotopic (exact) mass is 300 g/mol. The molecule has 0 aliphatic rings. The Kier molecular flexibility index (Phi) is 3.76. The number of pyridine rings is 1. The van der Waals surface area contributed by atoms with E-state index >= 15 is 0 Å². The Morgan fingerprint density at radius 3 is 2.75 bits per heavy atom. The summed E-state index contributed by atoms with van der Waals surface area (Å²) in [6, 6.07) is 3.55. The van der Waals surface area contributed by atoms with E-state index in [-0.39, 0.29) is 22.8 Å². The molecule has 2 aromatic heterocycles. The predicted molar refractivity (Wildman–Crippen MR) is 66.2 cm³/mol. The molecule has 5 nitrogen and oxygen atoms in total. The minimum atomic E-state index is -4.58. The summed E-state index contributed by atoms with van der Waals surface area (Å²) in [4.78, 5) is 16.5. The van der Waals surface area contributed by atoms with Gasteiger partial charge in [-0.1, -0.05) is 11.3 Å². The van der Waals surface area contributed by atoms with Crippen molar-refractivity contribution in [3.63, 3.8) is 0 Å². The summed E-state index contributed by atoms with van der Waals surface area (Å²) < 4.78 is 37.7. The first-order valence-corrected chi connectivity index (χ1v) is 6.17. The molecule has 0 aromatic carbocycles. The van der Waals surface area contributed by atoms with E-state index in [1.807, 2.05) is 0 Å². The fourth-order valence-corrected chi connectivity index (χ4v) is 2.00. The number of halogens is 3. The topological polar surface area (TPSA) is 81.6 Å². The number of H-pyrrole nitrogens is 1. The van der Waals surface area contributed by atoms with Gasteiger partial charge in [-0.05, 0) is 12.1 Å². The zero-order chi connectivity index (χ0) is 14.8. The maximum atomic E-state index is 12.6. The van der Waals surface area contributed by atoms with E-state index in [1.54, 1.807) is 6.07 Å². The van der Waals surface area contributed by atoms with Gasteiger partial charge >= 0.3 is 11.0 Å². The van der Waals surface area contributed by atoms with E-state index in [9.17, 15) is 18.0 Å². The Morgan fingerprint density at radius 1 is 1.45 bits per heavy atom. The van der Waals surface area contributed by atoms with Crippen molar-refractivity contribution in [3.05, 3.63) is 44.1 Å². The molecule has 0 fully saturated rings. The SMILES string of the molecule is N#Cc1ccc(C(F)(F)F)nc1NCc1csc(=O)[nH]1. The highest BCUT2D eigenvalue weighted by molar-refractivity contribution is 7.07. The Hall–Kier alpha value is -2.34.